The standard InChI is InChI=1S/C10H13BrClFN2O2S2/c1-5(18-2)4-15-19(16,17)7-3-6(12)8(11)10(14)9(7)13/h3,5,15H,4,14H2,1-2H3. The molecular formula is C10H13BrClFN2O2S2. The maximum Gasteiger partial charge on any atom is 0.243 e. The van der Waals surface area contributed by atoms with Gasteiger partial charge in [-0.2, -0.15) is 11.8 Å². The molecule has 0 aliphatic rings. The Morgan fingerprint density at radius 2 is 2.21 bits per heavy atom. The summed E-state index contributed by atoms with van der Waals surface area (Å²) in [6.45, 7) is 2.04. The van der Waals surface area contributed by atoms with E-state index in [9.17, 15) is 12.8 Å². The predicted octanol–water partition coefficient (Wildman–Crippen LogP) is 2.85. The third-order valence-corrected chi connectivity index (χ3v) is 6.18. The van der Waals surface area contributed by atoms with E-state index < -0.39 is 20.7 Å². The molecule has 1 aromatic carbocycles. The second kappa shape index (κ2) is 6.62. The van der Waals surface area contributed by atoms with Crippen LogP contribution in [-0.4, -0.2) is 26.5 Å². The third-order valence-electron chi connectivity index (χ3n) is 2.41. The van der Waals surface area contributed by atoms with Crippen molar-refractivity contribution in [3.05, 3.63) is 21.4 Å². The Labute approximate surface area is 129 Å². The molecule has 0 heterocycles. The molecule has 3 N–H and O–H groups in total. The fourth-order valence-electron chi connectivity index (χ4n) is 1.18. The van der Waals surface area contributed by atoms with Crippen LogP contribution in [0.2, 0.25) is 5.02 Å². The van der Waals surface area contributed by atoms with Gasteiger partial charge >= 0.3 is 0 Å². The van der Waals surface area contributed by atoms with Crippen LogP contribution in [0.25, 0.3) is 0 Å². The van der Waals surface area contributed by atoms with Crippen LogP contribution in [0.3, 0.4) is 0 Å². The molecule has 4 nitrogen and oxygen atoms in total. The van der Waals surface area contributed by atoms with Crippen molar-refractivity contribution in [1.29, 1.82) is 0 Å². The summed E-state index contributed by atoms with van der Waals surface area (Å²) in [5.74, 6) is -1.01. The highest BCUT2D eigenvalue weighted by molar-refractivity contribution is 9.10. The Morgan fingerprint density at radius 3 is 2.74 bits per heavy atom. The Morgan fingerprint density at radius 1 is 1.63 bits per heavy atom. The van der Waals surface area contributed by atoms with Crippen molar-refractivity contribution >= 4 is 55.0 Å². The number of nitrogens with one attached hydrogen (secondary N) is 1. The van der Waals surface area contributed by atoms with Gasteiger partial charge in [0, 0.05) is 11.8 Å². The summed E-state index contributed by atoms with van der Waals surface area (Å²) >= 11 is 10.3. The molecule has 0 saturated carbocycles. The number of nitrogens with two attached hydrogens (primary N) is 1. The predicted molar refractivity (Wildman–Crippen MR) is 81.7 cm³/mol. The first-order valence-electron chi connectivity index (χ1n) is 5.16. The summed E-state index contributed by atoms with van der Waals surface area (Å²) in [5, 5.41) is 0.110. The van der Waals surface area contributed by atoms with Gasteiger partial charge in [0.2, 0.25) is 10.0 Å². The number of anilines is 1. The molecule has 0 aromatic heterocycles. The van der Waals surface area contributed by atoms with Crippen molar-refractivity contribution in [3.8, 4) is 0 Å². The third kappa shape index (κ3) is 3.98. The van der Waals surface area contributed by atoms with Crippen molar-refractivity contribution in [3.63, 3.8) is 0 Å². The number of nitrogen functional groups attached to an aromatic ring is 1. The largest absolute Gasteiger partial charge is 0.395 e. The van der Waals surface area contributed by atoms with Crippen LogP contribution >= 0.6 is 39.3 Å². The van der Waals surface area contributed by atoms with Crippen LogP contribution in [0.15, 0.2) is 15.4 Å². The average Bonchev–Trinajstić information content (AvgIpc) is 2.37. The molecule has 1 atom stereocenters. The minimum absolute atomic E-state index is 0.0391. The lowest BCUT2D eigenvalue weighted by Gasteiger charge is -2.13. The van der Waals surface area contributed by atoms with Gasteiger partial charge < -0.3 is 5.73 Å². The summed E-state index contributed by atoms with van der Waals surface area (Å²) in [6, 6.07) is 1.03. The monoisotopic (exact) mass is 390 g/mol. The number of thioether (sulfide) groups is 1. The molecule has 0 fully saturated rings. The number of benzene rings is 1. The number of hydrogen-bond donors (Lipinski definition) is 2. The highest BCUT2D eigenvalue weighted by Gasteiger charge is 2.24. The molecule has 19 heavy (non-hydrogen) atoms. The van der Waals surface area contributed by atoms with E-state index >= 15 is 0 Å². The van der Waals surface area contributed by atoms with Crippen molar-refractivity contribution in [2.45, 2.75) is 17.1 Å². The smallest absolute Gasteiger partial charge is 0.243 e. The Hall–Kier alpha value is -0.0200. The van der Waals surface area contributed by atoms with Crippen LogP contribution in [0.4, 0.5) is 10.1 Å². The lowest BCUT2D eigenvalue weighted by molar-refractivity contribution is 0.558. The fourth-order valence-corrected chi connectivity index (χ4v) is 3.35. The second-order valence-corrected chi connectivity index (χ2v) is 8.01. The van der Waals surface area contributed by atoms with Gasteiger partial charge in [0.15, 0.2) is 5.82 Å². The first-order valence-corrected chi connectivity index (χ1v) is 9.10. The fraction of sp³-hybridized carbons (Fsp3) is 0.400. The zero-order valence-corrected chi connectivity index (χ0v) is 14.2. The summed E-state index contributed by atoms with van der Waals surface area (Å²) in [5.41, 5.74) is 5.13. The van der Waals surface area contributed by atoms with Gasteiger partial charge in [0.1, 0.15) is 4.90 Å². The van der Waals surface area contributed by atoms with Crippen LogP contribution in [0, 0.1) is 5.82 Å². The van der Waals surface area contributed by atoms with E-state index in [2.05, 4.69) is 20.7 Å². The molecule has 0 aliphatic carbocycles. The van der Waals surface area contributed by atoms with Crippen LogP contribution in [0.5, 0.6) is 0 Å². The summed E-state index contributed by atoms with van der Waals surface area (Å²) in [4.78, 5) is -0.550. The first kappa shape index (κ1) is 17.0. The zero-order chi connectivity index (χ0) is 14.8. The minimum atomic E-state index is -3.98. The quantitative estimate of drug-likeness (QED) is 0.598. The highest BCUT2D eigenvalue weighted by atomic mass is 79.9. The van der Waals surface area contributed by atoms with E-state index in [0.29, 0.717) is 0 Å². The summed E-state index contributed by atoms with van der Waals surface area (Å²) in [6.07, 6.45) is 1.86. The molecule has 0 bridgehead atoms. The van der Waals surface area contributed by atoms with Crippen LogP contribution in [0.1, 0.15) is 6.92 Å². The maximum atomic E-state index is 13.9. The van der Waals surface area contributed by atoms with Gasteiger partial charge in [0.05, 0.1) is 15.2 Å². The van der Waals surface area contributed by atoms with Crippen molar-refractivity contribution in [2.24, 2.45) is 0 Å². The van der Waals surface area contributed by atoms with E-state index in [4.69, 9.17) is 17.3 Å². The molecule has 0 amide bonds. The van der Waals surface area contributed by atoms with Gasteiger partial charge in [-0.1, -0.05) is 18.5 Å². The molecule has 1 unspecified atom stereocenters. The van der Waals surface area contributed by atoms with Gasteiger partial charge in [0.25, 0.3) is 0 Å². The molecule has 0 aliphatic heterocycles. The Kier molecular flexibility index (Phi) is 5.94. The molecule has 0 spiro atoms. The van der Waals surface area contributed by atoms with Crippen molar-refractivity contribution in [2.75, 3.05) is 18.5 Å². The van der Waals surface area contributed by atoms with Crippen molar-refractivity contribution in [1.82, 2.24) is 4.72 Å². The maximum absolute atomic E-state index is 13.9. The lowest BCUT2D eigenvalue weighted by Crippen LogP contribution is -2.30. The first-order chi connectivity index (χ1) is 8.70. The SMILES string of the molecule is CSC(C)CNS(=O)(=O)c1cc(Cl)c(Br)c(N)c1F. The molecule has 0 saturated heterocycles. The number of halogens is 3. The van der Waals surface area contributed by atoms with Gasteiger partial charge in [-0.05, 0) is 28.3 Å². The lowest BCUT2D eigenvalue weighted by atomic mass is 10.3. The van der Waals surface area contributed by atoms with Crippen molar-refractivity contribution < 1.29 is 12.8 Å². The topological polar surface area (TPSA) is 72.2 Å². The molecule has 1 aromatic rings. The van der Waals surface area contributed by atoms with Crippen LogP contribution < -0.4 is 10.5 Å². The second-order valence-electron chi connectivity index (χ2n) is 3.80. The molecule has 0 radical (unpaired) electrons. The molecule has 108 valence electrons. The highest BCUT2D eigenvalue weighted by Crippen LogP contribution is 2.34. The Bertz CT molecular complexity index is 583. The van der Waals surface area contributed by atoms with E-state index in [0.717, 1.165) is 6.07 Å². The van der Waals surface area contributed by atoms with Gasteiger partial charge in [-0.3, -0.25) is 0 Å². The van der Waals surface area contributed by atoms with E-state index in [1.807, 2.05) is 13.2 Å². The minimum Gasteiger partial charge on any atom is -0.395 e. The van der Waals surface area contributed by atoms with E-state index in [-0.39, 0.29) is 27.0 Å². The Balaban J connectivity index is 3.16. The number of hydrogen-bond acceptors (Lipinski definition) is 4. The molecule has 9 heteroatoms. The number of sulfonamides is 1. The van der Waals surface area contributed by atoms with Gasteiger partial charge in [-0.15, -0.1) is 0 Å². The number of rotatable bonds is 5. The zero-order valence-electron chi connectivity index (χ0n) is 10.2. The normalized spacial score (nSPS) is 13.5. The summed E-state index contributed by atoms with van der Waals surface area (Å²) < 4.78 is 40.4. The molecular weight excluding hydrogens is 379 g/mol. The van der Waals surface area contributed by atoms with E-state index in [1.165, 1.54) is 11.8 Å². The van der Waals surface area contributed by atoms with E-state index in [1.54, 1.807) is 0 Å². The molecule has 1 rings (SSSR count). The van der Waals surface area contributed by atoms with Crippen LogP contribution in [-0.2, 0) is 10.0 Å². The van der Waals surface area contributed by atoms with Gasteiger partial charge in [-0.25, -0.2) is 17.5 Å². The average molecular weight is 392 g/mol. The summed E-state index contributed by atoms with van der Waals surface area (Å²) in [7, 11) is -3.98.